The zero-order valence-corrected chi connectivity index (χ0v) is 13.6. The van der Waals surface area contributed by atoms with Gasteiger partial charge in [0, 0.05) is 30.0 Å². The van der Waals surface area contributed by atoms with E-state index < -0.39 is 12.0 Å². The molecule has 2 aliphatic rings. The number of alkyl halides is 3. The second-order valence-corrected chi connectivity index (χ2v) is 6.67. The molecule has 1 saturated heterocycles. The molecule has 8 heteroatoms. The Balaban J connectivity index is 1.54. The molecular formula is C17H18F3N3O2. The quantitative estimate of drug-likeness (QED) is 0.891. The van der Waals surface area contributed by atoms with Crippen molar-refractivity contribution in [3.63, 3.8) is 0 Å². The molecule has 1 saturated carbocycles. The molecule has 5 nitrogen and oxygen atoms in total. The summed E-state index contributed by atoms with van der Waals surface area (Å²) in [5, 5.41) is 3.03. The maximum absolute atomic E-state index is 12.7. The lowest BCUT2D eigenvalue weighted by molar-refractivity contribution is -0.144. The van der Waals surface area contributed by atoms with Crippen molar-refractivity contribution in [3.05, 3.63) is 29.6 Å². The van der Waals surface area contributed by atoms with Crippen LogP contribution >= 0.6 is 0 Å². The predicted octanol–water partition coefficient (Wildman–Crippen LogP) is 3.13. The molecule has 1 aromatic carbocycles. The van der Waals surface area contributed by atoms with Crippen molar-refractivity contribution in [1.82, 2.24) is 15.3 Å². The van der Waals surface area contributed by atoms with Gasteiger partial charge in [-0.05, 0) is 31.0 Å². The van der Waals surface area contributed by atoms with Crippen LogP contribution in [0.25, 0.3) is 11.0 Å². The summed E-state index contributed by atoms with van der Waals surface area (Å²) in [4.78, 5) is 18.3. The van der Waals surface area contributed by atoms with Gasteiger partial charge in [0.25, 0.3) is 5.91 Å². The van der Waals surface area contributed by atoms with E-state index in [1.165, 1.54) is 18.2 Å². The second-order valence-electron chi connectivity index (χ2n) is 6.67. The molecule has 2 fully saturated rings. The van der Waals surface area contributed by atoms with E-state index in [1.54, 1.807) is 0 Å². The Morgan fingerprint density at radius 3 is 2.96 bits per heavy atom. The van der Waals surface area contributed by atoms with Crippen LogP contribution in [0.4, 0.5) is 13.2 Å². The Morgan fingerprint density at radius 2 is 2.24 bits per heavy atom. The number of nitrogens with one attached hydrogen (secondary N) is 2. The van der Waals surface area contributed by atoms with Gasteiger partial charge in [-0.25, -0.2) is 4.98 Å². The zero-order chi connectivity index (χ0) is 17.8. The van der Waals surface area contributed by atoms with Gasteiger partial charge in [-0.1, -0.05) is 6.92 Å². The van der Waals surface area contributed by atoms with Crippen molar-refractivity contribution in [1.29, 1.82) is 0 Å². The molecule has 1 amide bonds. The van der Waals surface area contributed by atoms with Crippen molar-refractivity contribution < 1.29 is 22.7 Å². The van der Waals surface area contributed by atoms with E-state index in [2.05, 4.69) is 22.2 Å². The number of H-pyrrole nitrogens is 1. The van der Waals surface area contributed by atoms with Crippen LogP contribution in [0.3, 0.4) is 0 Å². The topological polar surface area (TPSA) is 67.0 Å². The molecule has 2 N–H and O–H groups in total. The van der Waals surface area contributed by atoms with Gasteiger partial charge in [0.05, 0.1) is 17.1 Å². The summed E-state index contributed by atoms with van der Waals surface area (Å²) < 4.78 is 43.9. The molecule has 0 bridgehead atoms. The summed E-state index contributed by atoms with van der Waals surface area (Å²) in [6.45, 7) is 2.79. The van der Waals surface area contributed by atoms with Crippen molar-refractivity contribution in [2.24, 2.45) is 11.8 Å². The molecule has 1 aromatic heterocycles. The fraction of sp³-hybridized carbons (Fsp3) is 0.529. The molecule has 2 aromatic rings. The number of fused-ring (bicyclic) bond motifs is 2. The highest BCUT2D eigenvalue weighted by atomic mass is 19.4. The standard InChI is InChI=1S/C17H18F3N3O2/c1-2-9-13(10-5-6-25-14(9)10)23-15(24)8-3-4-11-12(7-8)22-16(21-11)17(18,19)20/h3-4,7,9-10,13-14H,2,5-6H2,1H3,(H,21,22)(H,23,24)/t9-,10+,13-,14-/m1/s1. The highest BCUT2D eigenvalue weighted by Crippen LogP contribution is 2.45. The van der Waals surface area contributed by atoms with E-state index in [0.717, 1.165) is 19.4 Å². The molecule has 0 spiro atoms. The molecule has 2 heterocycles. The van der Waals surface area contributed by atoms with Crippen LogP contribution in [0.1, 0.15) is 35.9 Å². The van der Waals surface area contributed by atoms with Gasteiger partial charge in [0.15, 0.2) is 0 Å². The number of benzene rings is 1. The van der Waals surface area contributed by atoms with E-state index in [-0.39, 0.29) is 29.1 Å². The third kappa shape index (κ3) is 2.68. The minimum Gasteiger partial charge on any atom is -0.377 e. The molecule has 4 atom stereocenters. The van der Waals surface area contributed by atoms with E-state index in [1.807, 2.05) is 0 Å². The molecular weight excluding hydrogens is 335 g/mol. The first-order valence-corrected chi connectivity index (χ1v) is 8.38. The minimum absolute atomic E-state index is 0.0631. The first-order valence-electron chi connectivity index (χ1n) is 8.38. The third-order valence-corrected chi connectivity index (χ3v) is 5.31. The summed E-state index contributed by atoms with van der Waals surface area (Å²) in [5.41, 5.74) is 0.702. The van der Waals surface area contributed by atoms with Crippen molar-refractivity contribution in [2.75, 3.05) is 6.61 Å². The number of carbonyl (C=O) groups is 1. The first-order chi connectivity index (χ1) is 11.9. The van der Waals surface area contributed by atoms with Crippen LogP contribution in [-0.2, 0) is 10.9 Å². The second kappa shape index (κ2) is 5.72. The number of amides is 1. The van der Waals surface area contributed by atoms with Crippen LogP contribution in [0, 0.1) is 11.8 Å². The molecule has 1 aliphatic heterocycles. The maximum Gasteiger partial charge on any atom is 0.449 e. The van der Waals surface area contributed by atoms with Crippen LogP contribution < -0.4 is 5.32 Å². The monoisotopic (exact) mass is 353 g/mol. The summed E-state index contributed by atoms with van der Waals surface area (Å²) in [6, 6.07) is 4.40. The average Bonchev–Trinajstić information content (AvgIpc) is 3.16. The molecule has 4 rings (SSSR count). The number of aromatic amines is 1. The fourth-order valence-electron chi connectivity index (χ4n) is 4.05. The average molecular weight is 353 g/mol. The smallest absolute Gasteiger partial charge is 0.377 e. The van der Waals surface area contributed by atoms with Gasteiger partial charge in [0.1, 0.15) is 0 Å². The van der Waals surface area contributed by atoms with Gasteiger partial charge < -0.3 is 15.0 Å². The molecule has 0 unspecified atom stereocenters. The fourth-order valence-corrected chi connectivity index (χ4v) is 4.05. The van der Waals surface area contributed by atoms with Gasteiger partial charge in [-0.15, -0.1) is 0 Å². The largest absolute Gasteiger partial charge is 0.449 e. The number of hydrogen-bond donors (Lipinski definition) is 2. The Bertz CT molecular complexity index is 817. The highest BCUT2D eigenvalue weighted by Gasteiger charge is 2.53. The van der Waals surface area contributed by atoms with Gasteiger partial charge >= 0.3 is 6.18 Å². The molecule has 0 radical (unpaired) electrons. The van der Waals surface area contributed by atoms with Crippen LogP contribution in [0.2, 0.25) is 0 Å². The summed E-state index contributed by atoms with van der Waals surface area (Å²) in [7, 11) is 0. The lowest BCUT2D eigenvalue weighted by Gasteiger charge is -2.47. The lowest BCUT2D eigenvalue weighted by atomic mass is 9.65. The normalized spacial score (nSPS) is 28.6. The number of carbonyl (C=O) groups excluding carboxylic acids is 1. The predicted molar refractivity (Wildman–Crippen MR) is 84.0 cm³/mol. The Hall–Kier alpha value is -2.09. The third-order valence-electron chi connectivity index (χ3n) is 5.31. The Labute approximate surface area is 142 Å². The van der Waals surface area contributed by atoms with E-state index in [4.69, 9.17) is 4.74 Å². The zero-order valence-electron chi connectivity index (χ0n) is 13.6. The lowest BCUT2D eigenvalue weighted by Crippen LogP contribution is -2.61. The van der Waals surface area contributed by atoms with Gasteiger partial charge in [0.2, 0.25) is 5.82 Å². The molecule has 1 aliphatic carbocycles. The highest BCUT2D eigenvalue weighted by molar-refractivity contribution is 5.97. The summed E-state index contributed by atoms with van der Waals surface area (Å²) in [5.74, 6) is -0.708. The Morgan fingerprint density at radius 1 is 1.44 bits per heavy atom. The number of hydrogen-bond acceptors (Lipinski definition) is 3. The number of halogens is 3. The number of imidazole rings is 1. The maximum atomic E-state index is 12.7. The number of ether oxygens (including phenoxy) is 1. The number of rotatable bonds is 3. The van der Waals surface area contributed by atoms with E-state index >= 15 is 0 Å². The first kappa shape index (κ1) is 16.4. The number of nitrogens with zero attached hydrogens (tertiary/aromatic N) is 1. The molecule has 134 valence electrons. The van der Waals surface area contributed by atoms with Crippen molar-refractivity contribution in [2.45, 2.75) is 38.1 Å². The number of aromatic nitrogens is 2. The Kier molecular flexibility index (Phi) is 3.75. The van der Waals surface area contributed by atoms with Crippen LogP contribution in [-0.4, -0.2) is 34.6 Å². The van der Waals surface area contributed by atoms with E-state index in [0.29, 0.717) is 17.4 Å². The van der Waals surface area contributed by atoms with Gasteiger partial charge in [-0.3, -0.25) is 4.79 Å². The molecule has 25 heavy (non-hydrogen) atoms. The van der Waals surface area contributed by atoms with E-state index in [9.17, 15) is 18.0 Å². The summed E-state index contributed by atoms with van der Waals surface area (Å²) in [6.07, 6.45) is -2.47. The van der Waals surface area contributed by atoms with Crippen LogP contribution in [0.15, 0.2) is 18.2 Å². The van der Waals surface area contributed by atoms with Crippen molar-refractivity contribution in [3.8, 4) is 0 Å². The minimum atomic E-state index is -4.54. The van der Waals surface area contributed by atoms with Crippen LogP contribution in [0.5, 0.6) is 0 Å². The summed E-state index contributed by atoms with van der Waals surface area (Å²) >= 11 is 0. The SMILES string of the molecule is CC[C@@H]1[C@@H](NC(=O)c2ccc3nc(C(F)(F)F)[nH]c3c2)[C@@H]2CCO[C@H]12. The van der Waals surface area contributed by atoms with Crippen molar-refractivity contribution >= 4 is 16.9 Å². The van der Waals surface area contributed by atoms with Gasteiger partial charge in [-0.2, -0.15) is 13.2 Å².